The van der Waals surface area contributed by atoms with Gasteiger partial charge in [-0.15, -0.1) is 11.8 Å². The highest BCUT2D eigenvalue weighted by Crippen LogP contribution is 2.36. The molecule has 148 valence electrons. The lowest BCUT2D eigenvalue weighted by molar-refractivity contribution is 0.414. The van der Waals surface area contributed by atoms with Crippen LogP contribution in [0, 0.1) is 0 Å². The van der Waals surface area contributed by atoms with Gasteiger partial charge in [-0.25, -0.2) is 4.98 Å². The van der Waals surface area contributed by atoms with Crippen LogP contribution in [0.3, 0.4) is 0 Å². The fraction of sp³-hybridized carbons (Fsp3) is 0.318. The molecule has 0 aliphatic rings. The number of nitrogens with zero attached hydrogens (tertiary/aromatic N) is 2. The van der Waals surface area contributed by atoms with Crippen molar-refractivity contribution in [2.75, 3.05) is 7.11 Å². The summed E-state index contributed by atoms with van der Waals surface area (Å²) < 4.78 is 7.43. The molecule has 3 rings (SSSR count). The predicted octanol–water partition coefficient (Wildman–Crippen LogP) is 6.52. The van der Waals surface area contributed by atoms with Gasteiger partial charge in [-0.3, -0.25) is 0 Å². The largest absolute Gasteiger partial charge is 0.497 e. The Kier molecular flexibility index (Phi) is 7.33. The lowest BCUT2D eigenvalue weighted by atomic mass is 10.00. The van der Waals surface area contributed by atoms with Crippen molar-refractivity contribution < 1.29 is 4.74 Å². The zero-order valence-corrected chi connectivity index (χ0v) is 18.4. The van der Waals surface area contributed by atoms with Gasteiger partial charge in [0.1, 0.15) is 5.75 Å². The molecule has 0 saturated heterocycles. The van der Waals surface area contributed by atoms with E-state index in [0.29, 0.717) is 5.02 Å². The Balaban J connectivity index is 1.70. The molecule has 0 fully saturated rings. The van der Waals surface area contributed by atoms with Gasteiger partial charge in [0.15, 0.2) is 0 Å². The number of methoxy groups -OCH3 is 1. The summed E-state index contributed by atoms with van der Waals surface area (Å²) in [5.74, 6) is 1.72. The molecule has 0 radical (unpaired) electrons. The molecule has 3 nitrogen and oxygen atoms in total. The third kappa shape index (κ3) is 5.94. The SMILES string of the molecule is COc1ccc(CCC(C)(Cn2ccnc2)SCc2ccc(Cl)cc2Cl)cc1. The third-order valence-electron chi connectivity index (χ3n) is 4.77. The quantitative estimate of drug-likeness (QED) is 0.383. The van der Waals surface area contributed by atoms with Crippen LogP contribution in [0.5, 0.6) is 5.75 Å². The zero-order valence-electron chi connectivity index (χ0n) is 16.1. The first kappa shape index (κ1) is 21.1. The van der Waals surface area contributed by atoms with E-state index in [0.717, 1.165) is 41.5 Å². The number of rotatable bonds is 9. The van der Waals surface area contributed by atoms with Crippen LogP contribution in [0.4, 0.5) is 0 Å². The molecule has 0 N–H and O–H groups in total. The number of hydrogen-bond acceptors (Lipinski definition) is 3. The van der Waals surface area contributed by atoms with E-state index in [1.165, 1.54) is 5.56 Å². The van der Waals surface area contributed by atoms with E-state index in [2.05, 4.69) is 28.6 Å². The average Bonchev–Trinajstić information content (AvgIpc) is 3.19. The topological polar surface area (TPSA) is 27.1 Å². The summed E-state index contributed by atoms with van der Waals surface area (Å²) in [5.41, 5.74) is 2.42. The van der Waals surface area contributed by atoms with Crippen molar-refractivity contribution in [3.8, 4) is 5.75 Å². The minimum Gasteiger partial charge on any atom is -0.497 e. The Bertz CT molecular complexity index is 884. The van der Waals surface area contributed by atoms with E-state index < -0.39 is 0 Å². The molecule has 0 saturated carbocycles. The fourth-order valence-corrected chi connectivity index (χ4v) is 4.85. The Labute approximate surface area is 181 Å². The van der Waals surface area contributed by atoms with Crippen LogP contribution in [0.15, 0.2) is 61.2 Å². The normalized spacial score (nSPS) is 13.3. The number of halogens is 2. The molecule has 1 unspecified atom stereocenters. The highest BCUT2D eigenvalue weighted by atomic mass is 35.5. The van der Waals surface area contributed by atoms with Gasteiger partial charge in [0, 0.05) is 39.5 Å². The summed E-state index contributed by atoms with van der Waals surface area (Å²) in [6.07, 6.45) is 7.75. The Hall–Kier alpha value is -1.62. The van der Waals surface area contributed by atoms with E-state index in [1.54, 1.807) is 7.11 Å². The lowest BCUT2D eigenvalue weighted by Crippen LogP contribution is -2.27. The molecule has 1 aromatic heterocycles. The molecule has 0 aliphatic heterocycles. The van der Waals surface area contributed by atoms with Crippen molar-refractivity contribution in [1.82, 2.24) is 9.55 Å². The number of aryl methyl sites for hydroxylation is 1. The molecular formula is C22H24Cl2N2OS. The maximum atomic E-state index is 6.38. The van der Waals surface area contributed by atoms with Crippen LogP contribution in [0.2, 0.25) is 10.0 Å². The molecule has 28 heavy (non-hydrogen) atoms. The Morgan fingerprint density at radius 2 is 1.93 bits per heavy atom. The van der Waals surface area contributed by atoms with Gasteiger partial charge in [0.05, 0.1) is 13.4 Å². The van der Waals surface area contributed by atoms with Crippen molar-refractivity contribution in [2.45, 2.75) is 36.8 Å². The second kappa shape index (κ2) is 9.73. The molecule has 0 bridgehead atoms. The molecular weight excluding hydrogens is 411 g/mol. The summed E-state index contributed by atoms with van der Waals surface area (Å²) in [4.78, 5) is 4.19. The number of thioether (sulfide) groups is 1. The zero-order chi connectivity index (χ0) is 20.0. The molecule has 1 atom stereocenters. The van der Waals surface area contributed by atoms with Crippen LogP contribution in [0.25, 0.3) is 0 Å². The van der Waals surface area contributed by atoms with E-state index >= 15 is 0 Å². The second-order valence-corrected chi connectivity index (χ2v) is 9.46. The molecule has 3 aromatic rings. The maximum Gasteiger partial charge on any atom is 0.118 e. The number of imidazole rings is 1. The van der Waals surface area contributed by atoms with Gasteiger partial charge in [0.25, 0.3) is 0 Å². The minimum absolute atomic E-state index is 0.0313. The highest BCUT2D eigenvalue weighted by molar-refractivity contribution is 7.99. The molecule has 2 aromatic carbocycles. The van der Waals surface area contributed by atoms with Gasteiger partial charge in [-0.05, 0) is 55.2 Å². The Morgan fingerprint density at radius 3 is 2.57 bits per heavy atom. The second-order valence-electron chi connectivity index (χ2n) is 7.06. The summed E-state index contributed by atoms with van der Waals surface area (Å²) in [6, 6.07) is 14.0. The van der Waals surface area contributed by atoms with Gasteiger partial charge in [-0.2, -0.15) is 0 Å². The number of aromatic nitrogens is 2. The van der Waals surface area contributed by atoms with Gasteiger partial charge in [-0.1, -0.05) is 41.4 Å². The van der Waals surface area contributed by atoms with Gasteiger partial charge in [0.2, 0.25) is 0 Å². The Morgan fingerprint density at radius 1 is 1.14 bits per heavy atom. The monoisotopic (exact) mass is 434 g/mol. The van der Waals surface area contributed by atoms with Crippen molar-refractivity contribution in [3.05, 3.63) is 82.4 Å². The number of ether oxygens (including phenoxy) is 1. The number of benzene rings is 2. The fourth-order valence-electron chi connectivity index (χ4n) is 3.06. The van der Waals surface area contributed by atoms with Crippen molar-refractivity contribution in [2.24, 2.45) is 0 Å². The van der Waals surface area contributed by atoms with Crippen LogP contribution < -0.4 is 4.74 Å². The van der Waals surface area contributed by atoms with Gasteiger partial charge >= 0.3 is 0 Å². The molecule has 0 spiro atoms. The first-order chi connectivity index (χ1) is 13.5. The first-order valence-corrected chi connectivity index (χ1v) is 10.9. The van der Waals surface area contributed by atoms with E-state index in [1.807, 2.05) is 60.8 Å². The molecule has 0 amide bonds. The number of hydrogen-bond donors (Lipinski definition) is 0. The summed E-state index contributed by atoms with van der Waals surface area (Å²) >= 11 is 14.3. The van der Waals surface area contributed by atoms with Crippen molar-refractivity contribution >= 4 is 35.0 Å². The molecule has 0 aliphatic carbocycles. The van der Waals surface area contributed by atoms with Crippen LogP contribution in [-0.2, 0) is 18.7 Å². The third-order valence-corrected chi connectivity index (χ3v) is 6.84. The van der Waals surface area contributed by atoms with Crippen molar-refractivity contribution in [3.63, 3.8) is 0 Å². The molecule has 1 heterocycles. The van der Waals surface area contributed by atoms with Crippen LogP contribution >= 0.6 is 35.0 Å². The standard InChI is InChI=1S/C22H24Cl2N2OS/c1-22(15-26-12-11-25-16-26,10-9-17-3-7-20(27-2)8-4-17)28-14-18-5-6-19(23)13-21(18)24/h3-8,11-13,16H,9-10,14-15H2,1-2H3. The molecule has 6 heteroatoms. The minimum atomic E-state index is 0.0313. The van der Waals surface area contributed by atoms with Crippen molar-refractivity contribution in [1.29, 1.82) is 0 Å². The summed E-state index contributed by atoms with van der Waals surface area (Å²) in [6.45, 7) is 3.20. The van der Waals surface area contributed by atoms with E-state index in [9.17, 15) is 0 Å². The summed E-state index contributed by atoms with van der Waals surface area (Å²) in [7, 11) is 1.69. The van der Waals surface area contributed by atoms with Crippen LogP contribution in [0.1, 0.15) is 24.5 Å². The maximum absolute atomic E-state index is 6.38. The first-order valence-electron chi connectivity index (χ1n) is 9.14. The lowest BCUT2D eigenvalue weighted by Gasteiger charge is -2.30. The van der Waals surface area contributed by atoms with Gasteiger partial charge < -0.3 is 9.30 Å². The highest BCUT2D eigenvalue weighted by Gasteiger charge is 2.26. The predicted molar refractivity (Wildman–Crippen MR) is 120 cm³/mol. The van der Waals surface area contributed by atoms with E-state index in [4.69, 9.17) is 27.9 Å². The van der Waals surface area contributed by atoms with E-state index in [-0.39, 0.29) is 4.75 Å². The average molecular weight is 435 g/mol. The smallest absolute Gasteiger partial charge is 0.118 e. The summed E-state index contributed by atoms with van der Waals surface area (Å²) in [5, 5.41) is 1.39. The van der Waals surface area contributed by atoms with Crippen LogP contribution in [-0.4, -0.2) is 21.4 Å².